The zero-order valence-electron chi connectivity index (χ0n) is 14.5. The fourth-order valence-electron chi connectivity index (χ4n) is 2.81. The first kappa shape index (κ1) is 19.2. The van der Waals surface area contributed by atoms with Crippen molar-refractivity contribution in [1.82, 2.24) is 5.43 Å². The molecule has 1 N–H and O–H groups in total. The summed E-state index contributed by atoms with van der Waals surface area (Å²) in [6.07, 6.45) is 1.68. The molecule has 1 saturated carbocycles. The first-order valence-electron chi connectivity index (χ1n) is 7.92. The van der Waals surface area contributed by atoms with Crippen LogP contribution in [0.25, 0.3) is 0 Å². The lowest BCUT2D eigenvalue weighted by Gasteiger charge is -2.28. The Labute approximate surface area is 156 Å². The molecule has 4 nitrogen and oxygen atoms in total. The quantitative estimate of drug-likeness (QED) is 0.590. The summed E-state index contributed by atoms with van der Waals surface area (Å²) in [7, 11) is 0. The Balaban J connectivity index is 1.91. The molecule has 1 aliphatic carbocycles. The Morgan fingerprint density at radius 1 is 1.29 bits per heavy atom. The summed E-state index contributed by atoms with van der Waals surface area (Å²) in [5.41, 5.74) is 5.57. The summed E-state index contributed by atoms with van der Waals surface area (Å²) in [6.45, 7) is 8.16. The van der Waals surface area contributed by atoms with Crippen LogP contribution < -0.4 is 5.43 Å². The second-order valence-corrected chi connectivity index (χ2v) is 8.97. The molecule has 24 heavy (non-hydrogen) atoms. The minimum atomic E-state index is -0.150. The number of hydrogen-bond acceptors (Lipinski definition) is 4. The third kappa shape index (κ3) is 5.45. The van der Waals surface area contributed by atoms with Crippen LogP contribution in [-0.4, -0.2) is 23.2 Å². The summed E-state index contributed by atoms with van der Waals surface area (Å²) >= 11 is 5.01. The van der Waals surface area contributed by atoms with E-state index in [1.165, 1.54) is 11.8 Å². The molecule has 0 atom stereocenters. The third-order valence-corrected chi connectivity index (χ3v) is 5.92. The Morgan fingerprint density at radius 2 is 2.00 bits per heavy atom. The lowest BCUT2D eigenvalue weighted by Crippen LogP contribution is -2.31. The van der Waals surface area contributed by atoms with Gasteiger partial charge in [-0.3, -0.25) is 9.59 Å². The number of amides is 1. The first-order chi connectivity index (χ1) is 11.2. The number of rotatable bonds is 4. The molecule has 1 aliphatic rings. The van der Waals surface area contributed by atoms with Gasteiger partial charge in [-0.05, 0) is 48.9 Å². The van der Waals surface area contributed by atoms with Crippen LogP contribution in [0.2, 0.25) is 0 Å². The van der Waals surface area contributed by atoms with Gasteiger partial charge in [0.15, 0.2) is 0 Å². The summed E-state index contributed by atoms with van der Waals surface area (Å²) in [4.78, 5) is 24.9. The highest BCUT2D eigenvalue weighted by molar-refractivity contribution is 9.10. The Morgan fingerprint density at radius 3 is 2.67 bits per heavy atom. The number of hydrogen-bond donors (Lipinski definition) is 1. The topological polar surface area (TPSA) is 58.5 Å². The van der Waals surface area contributed by atoms with Crippen molar-refractivity contribution in [2.45, 2.75) is 51.9 Å². The number of halogens is 1. The smallest absolute Gasteiger partial charge is 0.250 e. The molecule has 0 aromatic heterocycles. The van der Waals surface area contributed by atoms with Crippen LogP contribution in [0.4, 0.5) is 0 Å². The number of carbonyl (C=O) groups excluding carboxylic acids is 2. The fourth-order valence-corrected chi connectivity index (χ4v) is 4.16. The minimum absolute atomic E-state index is 0.0697. The van der Waals surface area contributed by atoms with Crippen molar-refractivity contribution in [3.63, 3.8) is 0 Å². The van der Waals surface area contributed by atoms with Crippen LogP contribution in [0.3, 0.4) is 0 Å². The van der Waals surface area contributed by atoms with Gasteiger partial charge in [0.25, 0.3) is 0 Å². The van der Waals surface area contributed by atoms with Gasteiger partial charge in [0.05, 0.1) is 5.75 Å². The van der Waals surface area contributed by atoms with Crippen LogP contribution in [0.5, 0.6) is 0 Å². The number of carbonyl (C=O) groups is 2. The number of Topliss-reactive ketones (excluding diaryl/α,β-unsaturated/α-hetero) is 1. The minimum Gasteiger partial charge on any atom is -0.299 e. The molecule has 1 fully saturated rings. The lowest BCUT2D eigenvalue weighted by atomic mass is 9.76. The van der Waals surface area contributed by atoms with Crippen LogP contribution in [0, 0.1) is 19.3 Å². The SMILES string of the molecule is Cc1cc(SCC(=O)NN=C2CC(=O)CC(C)(C)C2)c(C)cc1Br. The molecule has 0 spiro atoms. The third-order valence-electron chi connectivity index (χ3n) is 3.91. The van der Waals surface area contributed by atoms with Gasteiger partial charge in [-0.2, -0.15) is 5.10 Å². The molecule has 0 aliphatic heterocycles. The molecule has 130 valence electrons. The number of thioether (sulfide) groups is 1. The van der Waals surface area contributed by atoms with Gasteiger partial charge in [-0.25, -0.2) is 5.43 Å². The van der Waals surface area contributed by atoms with E-state index in [0.29, 0.717) is 18.6 Å². The van der Waals surface area contributed by atoms with Crippen molar-refractivity contribution in [2.24, 2.45) is 10.5 Å². The second kappa shape index (κ2) is 7.83. The molecular weight excluding hydrogens is 388 g/mol. The number of nitrogens with one attached hydrogen (secondary N) is 1. The molecular formula is C18H23BrN2O2S. The average molecular weight is 411 g/mol. The molecule has 0 saturated heterocycles. The van der Waals surface area contributed by atoms with E-state index < -0.39 is 0 Å². The van der Waals surface area contributed by atoms with Crippen molar-refractivity contribution in [2.75, 3.05) is 5.75 Å². The zero-order chi connectivity index (χ0) is 17.9. The molecule has 1 aromatic carbocycles. The van der Waals surface area contributed by atoms with E-state index in [1.807, 2.05) is 13.8 Å². The maximum absolute atomic E-state index is 12.0. The highest BCUT2D eigenvalue weighted by Crippen LogP contribution is 2.31. The molecule has 0 bridgehead atoms. The summed E-state index contributed by atoms with van der Waals surface area (Å²) in [5, 5.41) is 4.17. The largest absolute Gasteiger partial charge is 0.299 e. The number of nitrogens with zero attached hydrogens (tertiary/aromatic N) is 1. The van der Waals surface area contributed by atoms with E-state index >= 15 is 0 Å². The van der Waals surface area contributed by atoms with E-state index in [0.717, 1.165) is 32.6 Å². The molecule has 1 aromatic rings. The number of aryl methyl sites for hydroxylation is 2. The first-order valence-corrected chi connectivity index (χ1v) is 9.70. The predicted molar refractivity (Wildman–Crippen MR) is 103 cm³/mol. The van der Waals surface area contributed by atoms with Crippen molar-refractivity contribution < 1.29 is 9.59 Å². The average Bonchev–Trinajstić information content (AvgIpc) is 2.45. The molecule has 2 rings (SSSR count). The molecule has 6 heteroatoms. The number of ketones is 1. The molecule has 0 heterocycles. The Bertz CT molecular complexity index is 699. The van der Waals surface area contributed by atoms with Gasteiger partial charge in [-0.1, -0.05) is 29.8 Å². The van der Waals surface area contributed by atoms with Crippen LogP contribution in [-0.2, 0) is 9.59 Å². The van der Waals surface area contributed by atoms with E-state index in [9.17, 15) is 9.59 Å². The summed E-state index contributed by atoms with van der Waals surface area (Å²) in [5.74, 6) is 0.341. The number of benzene rings is 1. The Kier molecular flexibility index (Phi) is 6.26. The van der Waals surface area contributed by atoms with Crippen LogP contribution >= 0.6 is 27.7 Å². The van der Waals surface area contributed by atoms with Gasteiger partial charge in [0.1, 0.15) is 5.78 Å². The van der Waals surface area contributed by atoms with E-state index in [1.54, 1.807) is 0 Å². The van der Waals surface area contributed by atoms with Gasteiger partial charge in [0.2, 0.25) is 5.91 Å². The Hall–Kier alpha value is -1.14. The van der Waals surface area contributed by atoms with Crippen molar-refractivity contribution in [1.29, 1.82) is 0 Å². The van der Waals surface area contributed by atoms with Crippen molar-refractivity contribution in [3.05, 3.63) is 27.7 Å². The standard InChI is InChI=1S/C18H23BrN2O2S/c1-11-6-16(12(2)5-15(11)19)24-10-17(23)21-20-13-7-14(22)9-18(3,4)8-13/h5-6H,7-10H2,1-4H3,(H,21,23). The van der Waals surface area contributed by atoms with E-state index in [4.69, 9.17) is 0 Å². The molecule has 0 unspecified atom stereocenters. The molecule has 0 radical (unpaired) electrons. The highest BCUT2D eigenvalue weighted by atomic mass is 79.9. The van der Waals surface area contributed by atoms with Crippen molar-refractivity contribution in [3.8, 4) is 0 Å². The van der Waals surface area contributed by atoms with Gasteiger partial charge in [0, 0.05) is 27.9 Å². The number of hydrazone groups is 1. The van der Waals surface area contributed by atoms with Crippen molar-refractivity contribution >= 4 is 45.1 Å². The van der Waals surface area contributed by atoms with Gasteiger partial charge < -0.3 is 0 Å². The normalized spacial score (nSPS) is 18.7. The van der Waals surface area contributed by atoms with Gasteiger partial charge in [-0.15, -0.1) is 11.8 Å². The summed E-state index contributed by atoms with van der Waals surface area (Å²) < 4.78 is 1.07. The van der Waals surface area contributed by atoms with Crippen LogP contribution in [0.1, 0.15) is 44.2 Å². The summed E-state index contributed by atoms with van der Waals surface area (Å²) in [6, 6.07) is 4.14. The second-order valence-electron chi connectivity index (χ2n) is 7.10. The highest BCUT2D eigenvalue weighted by Gasteiger charge is 2.30. The predicted octanol–water partition coefficient (Wildman–Crippen LogP) is 4.41. The van der Waals surface area contributed by atoms with E-state index in [2.05, 4.69) is 52.4 Å². The van der Waals surface area contributed by atoms with Gasteiger partial charge >= 0.3 is 0 Å². The lowest BCUT2D eigenvalue weighted by molar-refractivity contribution is -0.121. The monoisotopic (exact) mass is 410 g/mol. The maximum atomic E-state index is 12.0. The maximum Gasteiger partial charge on any atom is 0.250 e. The fraction of sp³-hybridized carbons (Fsp3) is 0.500. The van der Waals surface area contributed by atoms with Crippen LogP contribution in [0.15, 0.2) is 26.6 Å². The molecule has 1 amide bonds. The van der Waals surface area contributed by atoms with E-state index in [-0.39, 0.29) is 17.1 Å². The zero-order valence-corrected chi connectivity index (χ0v) is 16.9.